The molecule has 2 N–H and O–H groups in total. The van der Waals surface area contributed by atoms with Crippen LogP contribution in [0.3, 0.4) is 0 Å². The van der Waals surface area contributed by atoms with E-state index in [2.05, 4.69) is 10.5 Å². The predicted molar refractivity (Wildman–Crippen MR) is 43.8 cm³/mol. The van der Waals surface area contributed by atoms with Crippen LogP contribution in [0.4, 0.5) is 0 Å². The number of hydrogen-bond acceptors (Lipinski definition) is 3. The highest BCUT2D eigenvalue weighted by Gasteiger charge is 2.02. The SMILES string of the molecule is CCCC(=O)N/N=C(\C)C(=O)O. The minimum absolute atomic E-state index is 0.126. The number of amides is 1. The quantitative estimate of drug-likeness (QED) is 0.474. The highest BCUT2D eigenvalue weighted by molar-refractivity contribution is 6.34. The first-order chi connectivity index (χ1) is 5.57. The lowest BCUT2D eigenvalue weighted by Gasteiger charge is -1.96. The normalized spacial score (nSPS) is 11.0. The Bertz CT molecular complexity index is 211. The fraction of sp³-hybridized carbons (Fsp3) is 0.571. The zero-order valence-corrected chi connectivity index (χ0v) is 7.13. The first-order valence-corrected chi connectivity index (χ1v) is 3.64. The Morgan fingerprint density at radius 3 is 2.50 bits per heavy atom. The molecule has 5 nitrogen and oxygen atoms in total. The van der Waals surface area contributed by atoms with Crippen molar-refractivity contribution in [2.24, 2.45) is 5.10 Å². The number of carboxylic acids is 1. The molecule has 0 bridgehead atoms. The summed E-state index contributed by atoms with van der Waals surface area (Å²) in [5, 5.41) is 11.7. The maximum atomic E-state index is 10.8. The minimum atomic E-state index is -1.13. The number of nitrogens with zero attached hydrogens (tertiary/aromatic N) is 1. The Balaban J connectivity index is 3.87. The van der Waals surface area contributed by atoms with E-state index in [9.17, 15) is 9.59 Å². The summed E-state index contributed by atoms with van der Waals surface area (Å²) in [6.07, 6.45) is 1.07. The lowest BCUT2D eigenvalue weighted by molar-refractivity contribution is -0.129. The number of carbonyl (C=O) groups excluding carboxylic acids is 1. The van der Waals surface area contributed by atoms with E-state index in [1.807, 2.05) is 6.92 Å². The second-order valence-electron chi connectivity index (χ2n) is 2.29. The smallest absolute Gasteiger partial charge is 0.351 e. The van der Waals surface area contributed by atoms with E-state index in [1.165, 1.54) is 6.92 Å². The fourth-order valence-corrected chi connectivity index (χ4v) is 0.477. The van der Waals surface area contributed by atoms with Crippen molar-refractivity contribution < 1.29 is 14.7 Å². The number of carboxylic acid groups (broad SMARTS) is 1. The van der Waals surface area contributed by atoms with Crippen LogP contribution >= 0.6 is 0 Å². The summed E-state index contributed by atoms with van der Waals surface area (Å²) in [5.41, 5.74) is 2.01. The van der Waals surface area contributed by atoms with Crippen molar-refractivity contribution in [3.05, 3.63) is 0 Å². The second kappa shape index (κ2) is 5.29. The first-order valence-electron chi connectivity index (χ1n) is 3.64. The van der Waals surface area contributed by atoms with E-state index in [4.69, 9.17) is 5.11 Å². The van der Waals surface area contributed by atoms with E-state index in [1.54, 1.807) is 0 Å². The average molecular weight is 172 g/mol. The Kier molecular flexibility index (Phi) is 4.67. The van der Waals surface area contributed by atoms with E-state index in [-0.39, 0.29) is 11.6 Å². The van der Waals surface area contributed by atoms with Crippen LogP contribution in [0.25, 0.3) is 0 Å². The number of rotatable bonds is 4. The molecule has 0 unspecified atom stereocenters. The molecule has 5 heteroatoms. The molecule has 0 aliphatic rings. The van der Waals surface area contributed by atoms with Crippen molar-refractivity contribution in [2.75, 3.05) is 0 Å². The predicted octanol–water partition coefficient (Wildman–Crippen LogP) is 0.363. The molecule has 0 fully saturated rings. The number of aliphatic carboxylic acids is 1. The standard InChI is InChI=1S/C7H12N2O3/c1-3-4-6(10)9-8-5(2)7(11)12/h3-4H2,1-2H3,(H,9,10)(H,11,12)/b8-5+. The van der Waals surface area contributed by atoms with Gasteiger partial charge in [0, 0.05) is 6.42 Å². The van der Waals surface area contributed by atoms with Gasteiger partial charge in [-0.2, -0.15) is 5.10 Å². The van der Waals surface area contributed by atoms with Gasteiger partial charge in [0.15, 0.2) is 0 Å². The van der Waals surface area contributed by atoms with Gasteiger partial charge in [-0.15, -0.1) is 0 Å². The maximum Gasteiger partial charge on any atom is 0.351 e. The van der Waals surface area contributed by atoms with E-state index in [0.29, 0.717) is 12.8 Å². The largest absolute Gasteiger partial charge is 0.477 e. The highest BCUT2D eigenvalue weighted by atomic mass is 16.4. The number of nitrogens with one attached hydrogen (secondary N) is 1. The molecule has 0 aliphatic heterocycles. The van der Waals surface area contributed by atoms with Crippen LogP contribution in [0.5, 0.6) is 0 Å². The molecular weight excluding hydrogens is 160 g/mol. The van der Waals surface area contributed by atoms with E-state index < -0.39 is 5.97 Å². The van der Waals surface area contributed by atoms with Crippen LogP contribution in [0.2, 0.25) is 0 Å². The number of hydrogen-bond donors (Lipinski definition) is 2. The van der Waals surface area contributed by atoms with Gasteiger partial charge in [0.05, 0.1) is 0 Å². The van der Waals surface area contributed by atoms with Crippen molar-refractivity contribution >= 4 is 17.6 Å². The van der Waals surface area contributed by atoms with Crippen molar-refractivity contribution in [3.8, 4) is 0 Å². The lowest BCUT2D eigenvalue weighted by atomic mass is 10.3. The van der Waals surface area contributed by atoms with Gasteiger partial charge >= 0.3 is 5.97 Å². The molecule has 12 heavy (non-hydrogen) atoms. The zero-order chi connectivity index (χ0) is 9.56. The lowest BCUT2D eigenvalue weighted by Crippen LogP contribution is -2.21. The summed E-state index contributed by atoms with van der Waals surface area (Å²) >= 11 is 0. The van der Waals surface area contributed by atoms with Gasteiger partial charge in [0.1, 0.15) is 5.71 Å². The molecule has 0 saturated carbocycles. The molecule has 0 saturated heterocycles. The molecular formula is C7H12N2O3. The van der Waals surface area contributed by atoms with Crippen LogP contribution < -0.4 is 5.43 Å². The Labute approximate surface area is 70.5 Å². The summed E-state index contributed by atoms with van der Waals surface area (Å²) in [4.78, 5) is 20.9. The van der Waals surface area contributed by atoms with E-state index >= 15 is 0 Å². The average Bonchev–Trinajstić information content (AvgIpc) is 2.00. The molecule has 0 radical (unpaired) electrons. The Morgan fingerprint density at radius 1 is 1.50 bits per heavy atom. The molecule has 0 heterocycles. The van der Waals surface area contributed by atoms with Crippen LogP contribution in [0.15, 0.2) is 5.10 Å². The van der Waals surface area contributed by atoms with Crippen LogP contribution in [-0.2, 0) is 9.59 Å². The third-order valence-electron chi connectivity index (χ3n) is 1.13. The zero-order valence-electron chi connectivity index (χ0n) is 7.13. The molecule has 0 aromatic heterocycles. The summed E-state index contributed by atoms with van der Waals surface area (Å²) < 4.78 is 0. The summed E-state index contributed by atoms with van der Waals surface area (Å²) in [7, 11) is 0. The van der Waals surface area contributed by atoms with Gasteiger partial charge in [-0.1, -0.05) is 6.92 Å². The first kappa shape index (κ1) is 10.6. The van der Waals surface area contributed by atoms with Crippen molar-refractivity contribution in [2.45, 2.75) is 26.7 Å². The van der Waals surface area contributed by atoms with Gasteiger partial charge < -0.3 is 5.11 Å². The van der Waals surface area contributed by atoms with E-state index in [0.717, 1.165) is 0 Å². The molecule has 0 rings (SSSR count). The molecule has 0 spiro atoms. The molecule has 68 valence electrons. The maximum absolute atomic E-state index is 10.8. The topological polar surface area (TPSA) is 78.8 Å². The molecule has 0 aromatic rings. The Morgan fingerprint density at radius 2 is 2.08 bits per heavy atom. The second-order valence-corrected chi connectivity index (χ2v) is 2.29. The molecule has 0 atom stereocenters. The minimum Gasteiger partial charge on any atom is -0.477 e. The van der Waals surface area contributed by atoms with Gasteiger partial charge in [-0.05, 0) is 13.3 Å². The molecule has 1 amide bonds. The van der Waals surface area contributed by atoms with Crippen LogP contribution in [0, 0.1) is 0 Å². The summed E-state index contributed by atoms with van der Waals surface area (Å²) in [6.45, 7) is 3.17. The number of carbonyl (C=O) groups is 2. The summed E-state index contributed by atoms with van der Waals surface area (Å²) in [5.74, 6) is -1.40. The van der Waals surface area contributed by atoms with Crippen molar-refractivity contribution in [3.63, 3.8) is 0 Å². The third kappa shape index (κ3) is 4.43. The highest BCUT2D eigenvalue weighted by Crippen LogP contribution is 1.85. The third-order valence-corrected chi connectivity index (χ3v) is 1.13. The van der Waals surface area contributed by atoms with Crippen molar-refractivity contribution in [1.82, 2.24) is 5.43 Å². The Hall–Kier alpha value is -1.39. The number of hydrazone groups is 1. The van der Waals surface area contributed by atoms with Crippen LogP contribution in [0.1, 0.15) is 26.7 Å². The van der Waals surface area contributed by atoms with Crippen LogP contribution in [-0.4, -0.2) is 22.7 Å². The van der Waals surface area contributed by atoms with Gasteiger partial charge in [0.2, 0.25) is 5.91 Å². The fourth-order valence-electron chi connectivity index (χ4n) is 0.477. The van der Waals surface area contributed by atoms with Gasteiger partial charge in [-0.3, -0.25) is 4.79 Å². The monoisotopic (exact) mass is 172 g/mol. The van der Waals surface area contributed by atoms with Gasteiger partial charge in [0.25, 0.3) is 0 Å². The summed E-state index contributed by atoms with van der Waals surface area (Å²) in [6, 6.07) is 0. The van der Waals surface area contributed by atoms with Gasteiger partial charge in [-0.25, -0.2) is 10.2 Å². The van der Waals surface area contributed by atoms with Crippen molar-refractivity contribution in [1.29, 1.82) is 0 Å². The molecule has 0 aliphatic carbocycles. The molecule has 0 aromatic carbocycles.